The van der Waals surface area contributed by atoms with Crippen molar-refractivity contribution in [2.24, 2.45) is 11.0 Å². The van der Waals surface area contributed by atoms with Crippen molar-refractivity contribution in [1.82, 2.24) is 5.43 Å². The molecule has 0 aromatic heterocycles. The molecule has 1 fully saturated rings. The van der Waals surface area contributed by atoms with E-state index in [1.807, 2.05) is 6.21 Å². The van der Waals surface area contributed by atoms with Crippen molar-refractivity contribution in [3.63, 3.8) is 0 Å². The summed E-state index contributed by atoms with van der Waals surface area (Å²) < 4.78 is 12.7. The van der Waals surface area contributed by atoms with Gasteiger partial charge in [0.25, 0.3) is 5.91 Å². The van der Waals surface area contributed by atoms with Crippen LogP contribution in [0.25, 0.3) is 0 Å². The largest absolute Gasteiger partial charge is 0.271 e. The molecule has 96 valence electrons. The van der Waals surface area contributed by atoms with Gasteiger partial charge in [-0.3, -0.25) is 4.79 Å². The quantitative estimate of drug-likeness (QED) is 0.648. The number of benzene rings is 1. The number of rotatable bonds is 3. The van der Waals surface area contributed by atoms with E-state index in [9.17, 15) is 9.18 Å². The summed E-state index contributed by atoms with van der Waals surface area (Å²) in [6.07, 6.45) is 7.89. The molecular weight excluding hydrogens is 231 g/mol. The fourth-order valence-electron chi connectivity index (χ4n) is 2.15. The Bertz CT molecular complexity index is 422. The lowest BCUT2D eigenvalue weighted by Crippen LogP contribution is -2.19. The van der Waals surface area contributed by atoms with Crippen LogP contribution in [-0.2, 0) is 0 Å². The number of halogens is 1. The van der Waals surface area contributed by atoms with Gasteiger partial charge in [0, 0.05) is 11.8 Å². The lowest BCUT2D eigenvalue weighted by Gasteiger charge is -2.16. The summed E-state index contributed by atoms with van der Waals surface area (Å²) in [6, 6.07) is 5.42. The van der Waals surface area contributed by atoms with Crippen LogP contribution >= 0.6 is 0 Å². The Kier molecular flexibility index (Phi) is 4.45. The number of nitrogens with one attached hydrogen (secondary N) is 1. The van der Waals surface area contributed by atoms with Crippen LogP contribution in [0.3, 0.4) is 0 Å². The molecule has 0 heterocycles. The van der Waals surface area contributed by atoms with Gasteiger partial charge in [0.05, 0.1) is 0 Å². The maximum absolute atomic E-state index is 12.7. The second-order valence-electron chi connectivity index (χ2n) is 4.62. The lowest BCUT2D eigenvalue weighted by atomic mass is 9.90. The zero-order valence-corrected chi connectivity index (χ0v) is 10.2. The first-order chi connectivity index (χ1) is 8.75. The Morgan fingerprint density at radius 3 is 2.56 bits per heavy atom. The topological polar surface area (TPSA) is 41.5 Å². The first-order valence-corrected chi connectivity index (χ1v) is 6.35. The van der Waals surface area contributed by atoms with Crippen LogP contribution in [0, 0.1) is 11.7 Å². The SMILES string of the molecule is O=C(N/N=C\C1CCCCC1)c1ccc(F)cc1. The van der Waals surface area contributed by atoms with Crippen molar-refractivity contribution in [3.05, 3.63) is 35.6 Å². The summed E-state index contributed by atoms with van der Waals surface area (Å²) >= 11 is 0. The minimum atomic E-state index is -0.350. The minimum Gasteiger partial charge on any atom is -0.267 e. The van der Waals surface area contributed by atoms with Crippen molar-refractivity contribution in [3.8, 4) is 0 Å². The molecule has 0 saturated heterocycles. The maximum Gasteiger partial charge on any atom is 0.271 e. The molecule has 18 heavy (non-hydrogen) atoms. The van der Waals surface area contributed by atoms with E-state index in [4.69, 9.17) is 0 Å². The maximum atomic E-state index is 12.7. The number of hydrogen-bond acceptors (Lipinski definition) is 2. The Hall–Kier alpha value is -1.71. The van der Waals surface area contributed by atoms with Crippen LogP contribution in [0.15, 0.2) is 29.4 Å². The van der Waals surface area contributed by atoms with E-state index in [1.54, 1.807) is 0 Å². The minimum absolute atomic E-state index is 0.304. The fraction of sp³-hybridized carbons (Fsp3) is 0.429. The third-order valence-corrected chi connectivity index (χ3v) is 3.21. The van der Waals surface area contributed by atoms with Gasteiger partial charge in [-0.1, -0.05) is 19.3 Å². The Labute approximate surface area is 106 Å². The third-order valence-electron chi connectivity index (χ3n) is 3.21. The van der Waals surface area contributed by atoms with Gasteiger partial charge in [-0.05, 0) is 43.0 Å². The third kappa shape index (κ3) is 3.65. The number of carbonyl (C=O) groups is 1. The van der Waals surface area contributed by atoms with Crippen molar-refractivity contribution in [1.29, 1.82) is 0 Å². The van der Waals surface area contributed by atoms with Gasteiger partial charge in [-0.15, -0.1) is 0 Å². The molecule has 3 nitrogen and oxygen atoms in total. The van der Waals surface area contributed by atoms with Crippen LogP contribution in [0.5, 0.6) is 0 Å². The predicted octanol–water partition coefficient (Wildman–Crippen LogP) is 3.12. The molecule has 0 bridgehead atoms. The van der Waals surface area contributed by atoms with Crippen molar-refractivity contribution < 1.29 is 9.18 Å². The average Bonchev–Trinajstić information content (AvgIpc) is 2.40. The van der Waals surface area contributed by atoms with E-state index in [2.05, 4.69) is 10.5 Å². The lowest BCUT2D eigenvalue weighted by molar-refractivity contribution is 0.0955. The van der Waals surface area contributed by atoms with Crippen LogP contribution in [0.4, 0.5) is 4.39 Å². The van der Waals surface area contributed by atoms with Crippen molar-refractivity contribution in [2.75, 3.05) is 0 Å². The second kappa shape index (κ2) is 6.28. The second-order valence-corrected chi connectivity index (χ2v) is 4.62. The van der Waals surface area contributed by atoms with Crippen molar-refractivity contribution >= 4 is 12.1 Å². The Morgan fingerprint density at radius 1 is 1.22 bits per heavy atom. The summed E-state index contributed by atoms with van der Waals surface area (Å²) in [6.45, 7) is 0. The highest BCUT2D eigenvalue weighted by molar-refractivity contribution is 5.94. The van der Waals surface area contributed by atoms with Gasteiger partial charge in [0.1, 0.15) is 5.82 Å². The molecular formula is C14H17FN2O. The summed E-state index contributed by atoms with van der Waals surface area (Å²) in [5, 5.41) is 3.98. The van der Waals surface area contributed by atoms with Crippen LogP contribution in [0.2, 0.25) is 0 Å². The summed E-state index contributed by atoms with van der Waals surface area (Å²) in [4.78, 5) is 11.7. The number of hydrogen-bond donors (Lipinski definition) is 1. The van der Waals surface area contributed by atoms with E-state index in [1.165, 1.54) is 43.5 Å². The van der Waals surface area contributed by atoms with E-state index in [-0.39, 0.29) is 11.7 Å². The summed E-state index contributed by atoms with van der Waals surface area (Å²) in [5.74, 6) is -0.174. The summed E-state index contributed by atoms with van der Waals surface area (Å²) in [7, 11) is 0. The first kappa shape index (κ1) is 12.7. The normalized spacial score (nSPS) is 16.9. The molecule has 0 unspecified atom stereocenters. The van der Waals surface area contributed by atoms with E-state index < -0.39 is 0 Å². The molecule has 0 aliphatic heterocycles. The zero-order valence-electron chi connectivity index (χ0n) is 10.2. The molecule has 1 aromatic rings. The molecule has 0 spiro atoms. The Balaban J connectivity index is 1.83. The standard InChI is InChI=1S/C14H17FN2O/c15-13-8-6-12(7-9-13)14(18)17-16-10-11-4-2-1-3-5-11/h6-11H,1-5H2,(H,17,18)/b16-10-. The van der Waals surface area contributed by atoms with Gasteiger partial charge < -0.3 is 0 Å². The highest BCUT2D eigenvalue weighted by Crippen LogP contribution is 2.21. The molecule has 1 aromatic carbocycles. The average molecular weight is 248 g/mol. The molecule has 1 saturated carbocycles. The fourth-order valence-corrected chi connectivity index (χ4v) is 2.15. The number of amides is 1. The van der Waals surface area contributed by atoms with E-state index in [0.29, 0.717) is 11.5 Å². The highest BCUT2D eigenvalue weighted by Gasteiger charge is 2.11. The Morgan fingerprint density at radius 2 is 1.89 bits per heavy atom. The van der Waals surface area contributed by atoms with Gasteiger partial charge in [0.15, 0.2) is 0 Å². The van der Waals surface area contributed by atoms with Crippen LogP contribution in [-0.4, -0.2) is 12.1 Å². The smallest absolute Gasteiger partial charge is 0.267 e. The molecule has 1 amide bonds. The van der Waals surface area contributed by atoms with Gasteiger partial charge in [-0.2, -0.15) is 5.10 Å². The number of carbonyl (C=O) groups excluding carboxylic acids is 1. The molecule has 0 radical (unpaired) electrons. The van der Waals surface area contributed by atoms with Crippen molar-refractivity contribution in [2.45, 2.75) is 32.1 Å². The van der Waals surface area contributed by atoms with Crippen LogP contribution < -0.4 is 5.43 Å². The van der Waals surface area contributed by atoms with Crippen LogP contribution in [0.1, 0.15) is 42.5 Å². The highest BCUT2D eigenvalue weighted by atomic mass is 19.1. The molecule has 1 aliphatic rings. The number of hydrazone groups is 1. The molecule has 0 atom stereocenters. The van der Waals surface area contributed by atoms with Gasteiger partial charge in [0.2, 0.25) is 0 Å². The van der Waals surface area contributed by atoms with E-state index >= 15 is 0 Å². The number of nitrogens with zero attached hydrogens (tertiary/aromatic N) is 1. The monoisotopic (exact) mass is 248 g/mol. The predicted molar refractivity (Wildman–Crippen MR) is 68.9 cm³/mol. The van der Waals surface area contributed by atoms with Gasteiger partial charge >= 0.3 is 0 Å². The molecule has 1 N–H and O–H groups in total. The molecule has 1 aliphatic carbocycles. The summed E-state index contributed by atoms with van der Waals surface area (Å²) in [5.41, 5.74) is 2.89. The molecule has 2 rings (SSSR count). The van der Waals surface area contributed by atoms with E-state index in [0.717, 1.165) is 12.8 Å². The zero-order chi connectivity index (χ0) is 12.8. The molecule has 4 heteroatoms. The first-order valence-electron chi connectivity index (χ1n) is 6.35. The van der Waals surface area contributed by atoms with Gasteiger partial charge in [-0.25, -0.2) is 9.82 Å².